The van der Waals surface area contributed by atoms with Crippen LogP contribution in [0, 0.1) is 0 Å². The molecule has 1 atom stereocenters. The molecule has 0 radical (unpaired) electrons. The summed E-state index contributed by atoms with van der Waals surface area (Å²) in [5, 5.41) is 15.8. The molecule has 3 aromatic rings. The van der Waals surface area contributed by atoms with Crippen molar-refractivity contribution in [3.8, 4) is 11.5 Å². The van der Waals surface area contributed by atoms with Gasteiger partial charge in [0.2, 0.25) is 0 Å². The van der Waals surface area contributed by atoms with E-state index in [1.807, 2.05) is 71.5 Å². The van der Waals surface area contributed by atoms with Crippen molar-refractivity contribution < 1.29 is 9.84 Å². The molecule has 0 aliphatic carbocycles. The predicted octanol–water partition coefficient (Wildman–Crippen LogP) is 4.35. The van der Waals surface area contributed by atoms with Crippen molar-refractivity contribution in [2.75, 3.05) is 18.1 Å². The second kappa shape index (κ2) is 7.18. The van der Waals surface area contributed by atoms with Gasteiger partial charge in [-0.2, -0.15) is 5.10 Å². The normalized spacial score (nSPS) is 19.0. The third kappa shape index (κ3) is 3.36. The monoisotopic (exact) mass is 394 g/mol. The molecular formula is C21H19N2O2PS. The molecule has 1 N–H and O–H groups in total. The van der Waals surface area contributed by atoms with Crippen molar-refractivity contribution in [3.05, 3.63) is 84.4 Å². The van der Waals surface area contributed by atoms with E-state index in [-0.39, 0.29) is 5.75 Å². The van der Waals surface area contributed by atoms with Crippen LogP contribution in [0.2, 0.25) is 0 Å². The minimum absolute atomic E-state index is 0.228. The summed E-state index contributed by atoms with van der Waals surface area (Å²) in [6.45, 7) is 0. The molecular weight excluding hydrogens is 375 g/mol. The summed E-state index contributed by atoms with van der Waals surface area (Å²) in [7, 11) is 1.66. The molecule has 3 aromatic carbocycles. The number of hydrogen-bond donors (Lipinski definition) is 1. The van der Waals surface area contributed by atoms with Crippen LogP contribution in [0.25, 0.3) is 0 Å². The summed E-state index contributed by atoms with van der Waals surface area (Å²) in [6, 6.07) is 25.2. The summed E-state index contributed by atoms with van der Waals surface area (Å²) in [5.74, 6) is 1.03. The first kappa shape index (κ1) is 17.8. The van der Waals surface area contributed by atoms with Crippen LogP contribution in [-0.2, 0) is 11.8 Å². The lowest BCUT2D eigenvalue weighted by atomic mass is 10.1. The highest BCUT2D eigenvalue weighted by Crippen LogP contribution is 2.55. The first-order chi connectivity index (χ1) is 13.1. The van der Waals surface area contributed by atoms with Crippen molar-refractivity contribution in [3.63, 3.8) is 0 Å². The Morgan fingerprint density at radius 1 is 1.00 bits per heavy atom. The van der Waals surface area contributed by atoms with Crippen LogP contribution in [0.4, 0.5) is 5.69 Å². The quantitative estimate of drug-likeness (QED) is 0.669. The minimum atomic E-state index is -2.20. The molecule has 4 nitrogen and oxygen atoms in total. The van der Waals surface area contributed by atoms with Gasteiger partial charge in [0.25, 0.3) is 0 Å². The van der Waals surface area contributed by atoms with Crippen molar-refractivity contribution in [1.82, 2.24) is 0 Å². The Hall–Kier alpha value is -2.62. The van der Waals surface area contributed by atoms with Crippen LogP contribution >= 0.6 is 6.19 Å². The number of para-hydroxylation sites is 1. The molecule has 6 heteroatoms. The first-order valence-corrected chi connectivity index (χ1v) is 11.5. The zero-order valence-electron chi connectivity index (χ0n) is 14.8. The highest BCUT2D eigenvalue weighted by atomic mass is 32.4. The Morgan fingerprint density at radius 3 is 2.41 bits per heavy atom. The summed E-state index contributed by atoms with van der Waals surface area (Å²) in [6.07, 6.45) is -1.54. The van der Waals surface area contributed by atoms with Crippen LogP contribution in [-0.4, -0.2) is 24.1 Å². The van der Waals surface area contributed by atoms with E-state index >= 15 is 0 Å². The highest BCUT2D eigenvalue weighted by Gasteiger charge is 2.36. The third-order valence-electron chi connectivity index (χ3n) is 4.53. The van der Waals surface area contributed by atoms with E-state index in [2.05, 4.69) is 0 Å². The molecule has 0 spiro atoms. The number of anilines is 1. The molecule has 1 unspecified atom stereocenters. The summed E-state index contributed by atoms with van der Waals surface area (Å²) in [4.78, 5) is 0. The summed E-state index contributed by atoms with van der Waals surface area (Å²) in [5.41, 5.74) is 2.77. The zero-order valence-corrected chi connectivity index (χ0v) is 16.5. The fourth-order valence-electron chi connectivity index (χ4n) is 3.14. The van der Waals surface area contributed by atoms with Crippen molar-refractivity contribution in [1.29, 1.82) is 0 Å². The molecule has 0 saturated carbocycles. The fourth-order valence-corrected chi connectivity index (χ4v) is 6.83. The average Bonchev–Trinajstić information content (AvgIpc) is 3.07. The summed E-state index contributed by atoms with van der Waals surface area (Å²) >= 11 is 6.25. The van der Waals surface area contributed by atoms with Gasteiger partial charge in [0.1, 0.15) is 11.5 Å². The van der Waals surface area contributed by atoms with Crippen LogP contribution in [0.15, 0.2) is 84.0 Å². The molecule has 0 amide bonds. The molecule has 0 aromatic heterocycles. The summed E-state index contributed by atoms with van der Waals surface area (Å²) < 4.78 is 7.29. The Balaban J connectivity index is 1.81. The maximum absolute atomic E-state index is 9.86. The van der Waals surface area contributed by atoms with Gasteiger partial charge < -0.3 is 9.84 Å². The lowest BCUT2D eigenvalue weighted by molar-refractivity contribution is 0.415. The molecule has 27 heavy (non-hydrogen) atoms. The van der Waals surface area contributed by atoms with Gasteiger partial charge in [-0.05, 0) is 48.5 Å². The lowest BCUT2D eigenvalue weighted by Crippen LogP contribution is -2.19. The van der Waals surface area contributed by atoms with Gasteiger partial charge in [-0.25, -0.2) is 4.78 Å². The number of benzene rings is 3. The van der Waals surface area contributed by atoms with Gasteiger partial charge >= 0.3 is 0 Å². The maximum Gasteiger partial charge on any atom is 0.118 e. The van der Waals surface area contributed by atoms with Crippen molar-refractivity contribution >= 4 is 34.7 Å². The van der Waals surface area contributed by atoms with Gasteiger partial charge in [-0.1, -0.05) is 42.1 Å². The predicted molar refractivity (Wildman–Crippen MR) is 115 cm³/mol. The fraction of sp³-hybridized carbons (Fsp3) is 0.0952. The minimum Gasteiger partial charge on any atom is -0.508 e. The van der Waals surface area contributed by atoms with Crippen molar-refractivity contribution in [2.24, 2.45) is 5.10 Å². The van der Waals surface area contributed by atoms with Gasteiger partial charge in [0.05, 0.1) is 24.7 Å². The van der Waals surface area contributed by atoms with Crippen LogP contribution in [0.5, 0.6) is 11.5 Å². The number of aromatic hydroxyl groups is 1. The van der Waals surface area contributed by atoms with E-state index in [1.54, 1.807) is 19.2 Å². The van der Waals surface area contributed by atoms with Gasteiger partial charge in [0.15, 0.2) is 0 Å². The highest BCUT2D eigenvalue weighted by molar-refractivity contribution is 8.19. The van der Waals surface area contributed by atoms with Gasteiger partial charge in [0, 0.05) is 17.0 Å². The SMILES string of the molecule is COc1ccc(P2(=S)CC(c3cccc(O)c3)=NN2c2ccccc2)cc1. The number of ether oxygens (including phenoxy) is 1. The molecule has 1 heterocycles. The topological polar surface area (TPSA) is 45.1 Å². The van der Waals surface area contributed by atoms with E-state index < -0.39 is 6.19 Å². The lowest BCUT2D eigenvalue weighted by Gasteiger charge is -2.28. The van der Waals surface area contributed by atoms with Gasteiger partial charge in [-0.3, -0.25) is 0 Å². The average molecular weight is 394 g/mol. The number of phenols is 1. The molecule has 1 aliphatic rings. The third-order valence-corrected chi connectivity index (χ3v) is 8.78. The van der Waals surface area contributed by atoms with Crippen LogP contribution in [0.3, 0.4) is 0 Å². The van der Waals surface area contributed by atoms with Crippen molar-refractivity contribution in [2.45, 2.75) is 0 Å². The smallest absolute Gasteiger partial charge is 0.118 e. The molecule has 4 rings (SSSR count). The van der Waals surface area contributed by atoms with Crippen LogP contribution in [0.1, 0.15) is 5.56 Å². The Kier molecular flexibility index (Phi) is 4.73. The van der Waals surface area contributed by atoms with E-state index in [1.165, 1.54) is 0 Å². The number of hydrogen-bond acceptors (Lipinski definition) is 4. The number of nitrogens with zero attached hydrogens (tertiary/aromatic N) is 2. The maximum atomic E-state index is 9.86. The molecule has 1 aliphatic heterocycles. The second-order valence-corrected chi connectivity index (χ2v) is 10.7. The molecule has 0 fully saturated rings. The first-order valence-electron chi connectivity index (χ1n) is 8.56. The Bertz CT molecular complexity index is 1040. The zero-order chi connectivity index (χ0) is 18.9. The van der Waals surface area contributed by atoms with Crippen LogP contribution < -0.4 is 14.8 Å². The van der Waals surface area contributed by atoms with E-state index in [0.717, 1.165) is 28.0 Å². The number of phenolic OH excluding ortho intramolecular Hbond substituents is 1. The molecule has 0 saturated heterocycles. The Morgan fingerprint density at radius 2 is 1.74 bits per heavy atom. The van der Waals surface area contributed by atoms with E-state index in [9.17, 15) is 5.11 Å². The standard InChI is InChI=1S/C21H19N2O2PS/c1-25-19-10-12-20(13-11-19)26(27)15-21(16-6-5-9-18(24)14-16)22-23(26)17-7-3-2-4-8-17/h2-14,24H,15H2,1H3. The second-order valence-electron chi connectivity index (χ2n) is 6.28. The number of hydrazone groups is 1. The largest absolute Gasteiger partial charge is 0.508 e. The number of methoxy groups -OCH3 is 1. The number of rotatable bonds is 4. The molecule has 0 bridgehead atoms. The van der Waals surface area contributed by atoms with E-state index in [0.29, 0.717) is 6.16 Å². The van der Waals surface area contributed by atoms with E-state index in [4.69, 9.17) is 21.6 Å². The Labute approximate surface area is 163 Å². The molecule has 136 valence electrons. The van der Waals surface area contributed by atoms with Gasteiger partial charge in [-0.15, -0.1) is 0 Å².